The van der Waals surface area contributed by atoms with Crippen LogP contribution in [0.1, 0.15) is 35.7 Å². The lowest BCUT2D eigenvalue weighted by Gasteiger charge is -2.32. The van der Waals surface area contributed by atoms with Crippen LogP contribution in [0, 0.1) is 6.92 Å². The van der Waals surface area contributed by atoms with E-state index < -0.39 is 0 Å². The van der Waals surface area contributed by atoms with E-state index in [1.165, 1.54) is 0 Å². The first-order chi connectivity index (χ1) is 13.6. The second-order valence-corrected chi connectivity index (χ2v) is 7.36. The second kappa shape index (κ2) is 7.67. The highest BCUT2D eigenvalue weighted by molar-refractivity contribution is 5.49. The molecular weight excluding hydrogens is 354 g/mol. The third kappa shape index (κ3) is 3.49. The maximum absolute atomic E-state index is 6.19. The van der Waals surface area contributed by atoms with Crippen LogP contribution in [0.5, 0.6) is 11.5 Å². The quantitative estimate of drug-likeness (QED) is 0.732. The third-order valence-corrected chi connectivity index (χ3v) is 5.48. The predicted octanol–water partition coefficient (Wildman–Crippen LogP) is 3.02. The van der Waals surface area contributed by atoms with Crippen LogP contribution in [-0.4, -0.2) is 46.8 Å². The molecule has 3 aromatic rings. The van der Waals surface area contributed by atoms with Crippen molar-refractivity contribution >= 4 is 11.5 Å². The Morgan fingerprint density at radius 1 is 1.14 bits per heavy atom. The number of likely N-dealkylation sites (tertiary alicyclic amines) is 1. The van der Waals surface area contributed by atoms with Gasteiger partial charge in [0.25, 0.3) is 0 Å². The summed E-state index contributed by atoms with van der Waals surface area (Å²) in [6, 6.07) is 10.00. The molecule has 0 saturated carbocycles. The number of nitrogens with two attached hydrogens (primary N) is 1. The van der Waals surface area contributed by atoms with E-state index in [1.54, 1.807) is 18.7 Å². The topological polar surface area (TPSA) is 77.9 Å². The molecule has 7 heteroatoms. The number of benzene rings is 1. The molecule has 1 aliphatic rings. The highest BCUT2D eigenvalue weighted by Gasteiger charge is 2.24. The number of nitrogen functional groups attached to an aromatic ring is 1. The highest BCUT2D eigenvalue weighted by atomic mass is 16.5. The zero-order valence-corrected chi connectivity index (χ0v) is 16.7. The average molecular weight is 381 g/mol. The minimum atomic E-state index is 0.422. The molecule has 7 nitrogen and oxygen atoms in total. The number of nitrogens with zero attached hydrogens (tertiary/aromatic N) is 4. The van der Waals surface area contributed by atoms with E-state index in [0.29, 0.717) is 11.7 Å². The van der Waals surface area contributed by atoms with Crippen LogP contribution in [0.2, 0.25) is 0 Å². The van der Waals surface area contributed by atoms with Gasteiger partial charge in [-0.15, -0.1) is 0 Å². The van der Waals surface area contributed by atoms with E-state index in [4.69, 9.17) is 20.2 Å². The molecule has 0 bridgehead atoms. The van der Waals surface area contributed by atoms with Gasteiger partial charge in [-0.1, -0.05) is 12.1 Å². The summed E-state index contributed by atoms with van der Waals surface area (Å²) in [7, 11) is 3.36. The fourth-order valence-corrected chi connectivity index (χ4v) is 4.05. The van der Waals surface area contributed by atoms with E-state index >= 15 is 0 Å². The first-order valence-corrected chi connectivity index (χ1v) is 9.64. The van der Waals surface area contributed by atoms with Gasteiger partial charge in [-0.05, 0) is 38.9 Å². The molecule has 1 aliphatic heterocycles. The van der Waals surface area contributed by atoms with Crippen molar-refractivity contribution in [1.82, 2.24) is 19.5 Å². The summed E-state index contributed by atoms with van der Waals surface area (Å²) in [5.41, 5.74) is 10.2. The van der Waals surface area contributed by atoms with Gasteiger partial charge in [0.15, 0.2) is 17.1 Å². The minimum Gasteiger partial charge on any atom is -0.493 e. The summed E-state index contributed by atoms with van der Waals surface area (Å²) in [6.07, 6.45) is 2.12. The van der Waals surface area contributed by atoms with Gasteiger partial charge < -0.3 is 15.2 Å². The molecule has 0 aliphatic carbocycles. The number of ether oxygens (including phenoxy) is 2. The van der Waals surface area contributed by atoms with Crippen molar-refractivity contribution in [1.29, 1.82) is 0 Å². The molecule has 0 spiro atoms. The molecule has 28 heavy (non-hydrogen) atoms. The monoisotopic (exact) mass is 381 g/mol. The number of para-hydroxylation sites is 1. The van der Waals surface area contributed by atoms with Crippen molar-refractivity contribution in [3.05, 3.63) is 47.3 Å². The minimum absolute atomic E-state index is 0.422. The number of aromatic nitrogens is 3. The molecule has 4 rings (SSSR count). The lowest BCUT2D eigenvalue weighted by Crippen LogP contribution is -2.33. The Morgan fingerprint density at radius 3 is 2.64 bits per heavy atom. The average Bonchev–Trinajstić information content (AvgIpc) is 3.09. The van der Waals surface area contributed by atoms with E-state index in [1.807, 2.05) is 31.2 Å². The molecule has 2 aromatic heterocycles. The maximum atomic E-state index is 6.19. The number of hydrogen-bond donors (Lipinski definition) is 1. The number of rotatable bonds is 5. The third-order valence-electron chi connectivity index (χ3n) is 5.48. The fourth-order valence-electron chi connectivity index (χ4n) is 4.05. The van der Waals surface area contributed by atoms with E-state index in [2.05, 4.69) is 16.1 Å². The van der Waals surface area contributed by atoms with E-state index in [-0.39, 0.29) is 0 Å². The molecule has 0 radical (unpaired) electrons. The molecule has 3 heterocycles. The molecular formula is C21H27N5O2. The van der Waals surface area contributed by atoms with Crippen LogP contribution in [0.15, 0.2) is 30.3 Å². The summed E-state index contributed by atoms with van der Waals surface area (Å²) in [4.78, 5) is 7.26. The molecule has 1 saturated heterocycles. The Morgan fingerprint density at radius 2 is 1.93 bits per heavy atom. The lowest BCUT2D eigenvalue weighted by atomic mass is 9.93. The van der Waals surface area contributed by atoms with Crippen LogP contribution >= 0.6 is 0 Å². The molecule has 2 N–H and O–H groups in total. The van der Waals surface area contributed by atoms with Gasteiger partial charge >= 0.3 is 0 Å². The normalized spacial score (nSPS) is 15.8. The van der Waals surface area contributed by atoms with E-state index in [9.17, 15) is 0 Å². The van der Waals surface area contributed by atoms with Crippen molar-refractivity contribution in [2.75, 3.05) is 33.0 Å². The summed E-state index contributed by atoms with van der Waals surface area (Å²) in [6.45, 7) is 4.83. The van der Waals surface area contributed by atoms with Gasteiger partial charge in [0.1, 0.15) is 5.82 Å². The zero-order valence-electron chi connectivity index (χ0n) is 16.7. The van der Waals surface area contributed by atoms with E-state index in [0.717, 1.165) is 66.6 Å². The van der Waals surface area contributed by atoms with Crippen molar-refractivity contribution in [2.45, 2.75) is 32.2 Å². The number of piperidine rings is 1. The van der Waals surface area contributed by atoms with Crippen LogP contribution in [-0.2, 0) is 6.54 Å². The van der Waals surface area contributed by atoms with Crippen molar-refractivity contribution in [3.8, 4) is 11.5 Å². The van der Waals surface area contributed by atoms with Crippen LogP contribution in [0.3, 0.4) is 0 Å². The van der Waals surface area contributed by atoms with Crippen LogP contribution < -0.4 is 15.2 Å². The SMILES string of the molecule is COc1cccc(CN2CCC(c3cc(N)n4nc(C)cc4n3)CC2)c1OC. The van der Waals surface area contributed by atoms with Gasteiger partial charge in [0.05, 0.1) is 19.9 Å². The predicted molar refractivity (Wildman–Crippen MR) is 109 cm³/mol. The Hall–Kier alpha value is -2.80. The number of hydrogen-bond acceptors (Lipinski definition) is 6. The van der Waals surface area contributed by atoms with Crippen molar-refractivity contribution in [3.63, 3.8) is 0 Å². The summed E-state index contributed by atoms with van der Waals surface area (Å²) >= 11 is 0. The van der Waals surface area contributed by atoms with Crippen LogP contribution in [0.25, 0.3) is 5.65 Å². The summed E-state index contributed by atoms with van der Waals surface area (Å²) < 4.78 is 12.7. The largest absolute Gasteiger partial charge is 0.493 e. The number of methoxy groups -OCH3 is 2. The highest BCUT2D eigenvalue weighted by Crippen LogP contribution is 2.34. The number of anilines is 1. The Kier molecular flexibility index (Phi) is 5.09. The standard InChI is InChI=1S/C21H27N5O2/c1-14-11-20-23-17(12-19(22)26(20)24-14)15-7-9-25(10-8-15)13-16-5-4-6-18(27-2)21(16)28-3/h4-6,11-12,15H,7-10,13,22H2,1-3H3. The van der Waals surface area contributed by atoms with Gasteiger partial charge in [0.2, 0.25) is 0 Å². The molecule has 0 amide bonds. The Labute approximate surface area is 165 Å². The molecule has 0 unspecified atom stereocenters. The van der Waals surface area contributed by atoms with Crippen molar-refractivity contribution < 1.29 is 9.47 Å². The van der Waals surface area contributed by atoms with Crippen LogP contribution in [0.4, 0.5) is 5.82 Å². The number of fused-ring (bicyclic) bond motifs is 1. The van der Waals surface area contributed by atoms with Gasteiger partial charge in [-0.25, -0.2) is 4.98 Å². The molecule has 0 atom stereocenters. The molecule has 1 aromatic carbocycles. The zero-order chi connectivity index (χ0) is 19.7. The lowest BCUT2D eigenvalue weighted by molar-refractivity contribution is 0.200. The second-order valence-electron chi connectivity index (χ2n) is 7.36. The van der Waals surface area contributed by atoms with Gasteiger partial charge in [-0.3, -0.25) is 4.90 Å². The first-order valence-electron chi connectivity index (χ1n) is 9.64. The summed E-state index contributed by atoms with van der Waals surface area (Å²) in [5, 5.41) is 4.39. The first kappa shape index (κ1) is 18.6. The van der Waals surface area contributed by atoms with Gasteiger partial charge in [-0.2, -0.15) is 9.61 Å². The fraction of sp³-hybridized carbons (Fsp3) is 0.429. The smallest absolute Gasteiger partial charge is 0.165 e. The molecule has 1 fully saturated rings. The molecule has 148 valence electrons. The number of aryl methyl sites for hydroxylation is 1. The van der Waals surface area contributed by atoms with Gasteiger partial charge in [0, 0.05) is 35.9 Å². The Balaban J connectivity index is 1.45. The maximum Gasteiger partial charge on any atom is 0.165 e. The Bertz CT molecular complexity index is 976. The van der Waals surface area contributed by atoms with Crippen molar-refractivity contribution in [2.24, 2.45) is 0 Å². The summed E-state index contributed by atoms with van der Waals surface area (Å²) in [5.74, 6) is 2.67.